The van der Waals surface area contributed by atoms with E-state index < -0.39 is 22.1 Å². The molecule has 1 saturated heterocycles. The van der Waals surface area contributed by atoms with Gasteiger partial charge in [0, 0.05) is 6.42 Å². The number of primary amides is 1. The number of carbonyl (C=O) groups is 1. The van der Waals surface area contributed by atoms with Gasteiger partial charge < -0.3 is 5.73 Å². The van der Waals surface area contributed by atoms with Gasteiger partial charge in [-0.1, -0.05) is 13.3 Å². The fourth-order valence-electron chi connectivity index (χ4n) is 0.954. The number of hydrogen-bond donors (Lipinski definition) is 1. The van der Waals surface area contributed by atoms with Crippen molar-refractivity contribution in [2.24, 2.45) is 5.73 Å². The molecule has 1 fully saturated rings. The molecule has 0 unspecified atom stereocenters. The number of amides is 1. The van der Waals surface area contributed by atoms with Gasteiger partial charge in [-0.05, 0) is 0 Å². The Balaban J connectivity index is 2.75. The Kier molecular flexibility index (Phi) is 2.11. The Hall–Kier alpha value is -0.660. The van der Waals surface area contributed by atoms with Crippen LogP contribution in [0.3, 0.4) is 0 Å². The van der Waals surface area contributed by atoms with Crippen LogP contribution in [0.4, 0.5) is 0 Å². The highest BCUT2D eigenvalue weighted by Crippen LogP contribution is 2.34. The SMILES string of the molecule is CCCC1(C(N)=O)OS(=O)(=O)O1. The van der Waals surface area contributed by atoms with Gasteiger partial charge in [-0.15, -0.1) is 0 Å². The third-order valence-corrected chi connectivity index (χ3v) is 2.37. The Bertz CT molecular complexity index is 283. The third kappa shape index (κ3) is 1.43. The van der Waals surface area contributed by atoms with Crippen molar-refractivity contribution in [3.8, 4) is 0 Å². The Morgan fingerprint density at radius 2 is 2.00 bits per heavy atom. The second-order valence-corrected chi connectivity index (χ2v) is 3.59. The largest absolute Gasteiger partial charge is 0.406 e. The van der Waals surface area contributed by atoms with E-state index in [2.05, 4.69) is 8.37 Å². The standard InChI is InChI=1S/C5H9NO5S/c1-2-3-5(4(6)7)10-12(8,9)11-5/h2-3H2,1H3,(H2,6,7). The zero-order valence-corrected chi connectivity index (χ0v) is 7.26. The molecule has 0 bridgehead atoms. The van der Waals surface area contributed by atoms with E-state index in [9.17, 15) is 13.2 Å². The van der Waals surface area contributed by atoms with Crippen molar-refractivity contribution < 1.29 is 21.6 Å². The van der Waals surface area contributed by atoms with E-state index in [4.69, 9.17) is 5.73 Å². The third-order valence-electron chi connectivity index (χ3n) is 1.43. The Morgan fingerprint density at radius 1 is 1.50 bits per heavy atom. The van der Waals surface area contributed by atoms with Crippen molar-refractivity contribution >= 4 is 16.3 Å². The molecule has 1 heterocycles. The number of rotatable bonds is 3. The fraction of sp³-hybridized carbons (Fsp3) is 0.800. The van der Waals surface area contributed by atoms with Gasteiger partial charge in [0.05, 0.1) is 0 Å². The van der Waals surface area contributed by atoms with Gasteiger partial charge in [-0.2, -0.15) is 8.42 Å². The highest BCUT2D eigenvalue weighted by Gasteiger charge is 2.56. The lowest BCUT2D eigenvalue weighted by Crippen LogP contribution is -2.58. The molecule has 0 aromatic rings. The van der Waals surface area contributed by atoms with Gasteiger partial charge >= 0.3 is 10.4 Å². The van der Waals surface area contributed by atoms with E-state index in [-0.39, 0.29) is 6.42 Å². The molecule has 0 spiro atoms. The average Bonchev–Trinajstić information content (AvgIpc) is 1.83. The first-order chi connectivity index (χ1) is 5.42. The van der Waals surface area contributed by atoms with Crippen LogP contribution >= 0.6 is 0 Å². The maximum absolute atomic E-state index is 10.7. The summed E-state index contributed by atoms with van der Waals surface area (Å²) in [6.07, 6.45) is 0.681. The molecule has 0 radical (unpaired) electrons. The molecule has 6 nitrogen and oxygen atoms in total. The van der Waals surface area contributed by atoms with Crippen molar-refractivity contribution in [3.63, 3.8) is 0 Å². The smallest absolute Gasteiger partial charge is 0.365 e. The van der Waals surface area contributed by atoms with Crippen LogP contribution in [0.15, 0.2) is 0 Å². The number of carbonyl (C=O) groups excluding carboxylic acids is 1. The first-order valence-electron chi connectivity index (χ1n) is 3.38. The van der Waals surface area contributed by atoms with Crippen LogP contribution in [0.1, 0.15) is 19.8 Å². The summed E-state index contributed by atoms with van der Waals surface area (Å²) in [4.78, 5) is 10.7. The Morgan fingerprint density at radius 3 is 2.25 bits per heavy atom. The second-order valence-electron chi connectivity index (χ2n) is 2.44. The van der Waals surface area contributed by atoms with Crippen LogP contribution in [0.5, 0.6) is 0 Å². The zero-order chi connectivity index (χ0) is 9.41. The molecule has 1 rings (SSSR count). The van der Waals surface area contributed by atoms with E-state index in [1.54, 1.807) is 6.92 Å². The summed E-state index contributed by atoms with van der Waals surface area (Å²) in [5.41, 5.74) is 4.89. The molecule has 7 heteroatoms. The Labute approximate surface area is 70.0 Å². The second kappa shape index (κ2) is 2.68. The molecule has 0 aromatic heterocycles. The first kappa shape index (κ1) is 9.43. The molecule has 0 atom stereocenters. The first-order valence-corrected chi connectivity index (χ1v) is 4.71. The van der Waals surface area contributed by atoms with Crippen LogP contribution < -0.4 is 5.73 Å². The topological polar surface area (TPSA) is 95.7 Å². The lowest BCUT2D eigenvalue weighted by Gasteiger charge is -2.35. The molecule has 2 N–H and O–H groups in total. The van der Waals surface area contributed by atoms with Gasteiger partial charge in [-0.25, -0.2) is 8.37 Å². The van der Waals surface area contributed by atoms with Crippen LogP contribution in [-0.4, -0.2) is 20.1 Å². The fourth-order valence-corrected chi connectivity index (χ4v) is 1.96. The van der Waals surface area contributed by atoms with Crippen molar-refractivity contribution in [3.05, 3.63) is 0 Å². The minimum Gasteiger partial charge on any atom is -0.365 e. The van der Waals surface area contributed by atoms with E-state index in [1.807, 2.05) is 0 Å². The van der Waals surface area contributed by atoms with Crippen LogP contribution in [-0.2, 0) is 23.6 Å². The quantitative estimate of drug-likeness (QED) is 0.639. The molecule has 0 saturated carbocycles. The van der Waals surface area contributed by atoms with Crippen molar-refractivity contribution in [2.75, 3.05) is 0 Å². The van der Waals surface area contributed by atoms with Gasteiger partial charge in [0.25, 0.3) is 11.7 Å². The lowest BCUT2D eigenvalue weighted by atomic mass is 10.1. The predicted octanol–water partition coefficient (Wildman–Crippen LogP) is -0.740. The van der Waals surface area contributed by atoms with Crippen molar-refractivity contribution in [1.82, 2.24) is 0 Å². The average molecular weight is 195 g/mol. The zero-order valence-electron chi connectivity index (χ0n) is 6.44. The lowest BCUT2D eigenvalue weighted by molar-refractivity contribution is -0.197. The summed E-state index contributed by atoms with van der Waals surface area (Å²) in [7, 11) is -3.96. The number of nitrogens with two attached hydrogens (primary N) is 1. The predicted molar refractivity (Wildman–Crippen MR) is 37.9 cm³/mol. The highest BCUT2D eigenvalue weighted by atomic mass is 32.3. The van der Waals surface area contributed by atoms with Gasteiger partial charge in [0.15, 0.2) is 0 Å². The van der Waals surface area contributed by atoms with E-state index >= 15 is 0 Å². The molecule has 0 aliphatic carbocycles. The van der Waals surface area contributed by atoms with Crippen molar-refractivity contribution in [2.45, 2.75) is 25.6 Å². The molecular formula is C5H9NO5S. The van der Waals surface area contributed by atoms with Gasteiger partial charge in [-0.3, -0.25) is 4.79 Å². The summed E-state index contributed by atoms with van der Waals surface area (Å²) in [5.74, 6) is -2.66. The molecule has 70 valence electrons. The highest BCUT2D eigenvalue weighted by molar-refractivity contribution is 7.83. The summed E-state index contributed by atoms with van der Waals surface area (Å²) in [5, 5.41) is 0. The molecular weight excluding hydrogens is 186 g/mol. The molecule has 12 heavy (non-hydrogen) atoms. The van der Waals surface area contributed by atoms with E-state index in [0.29, 0.717) is 6.42 Å². The number of hydrogen-bond acceptors (Lipinski definition) is 5. The monoisotopic (exact) mass is 195 g/mol. The van der Waals surface area contributed by atoms with Gasteiger partial charge in [0.2, 0.25) is 0 Å². The van der Waals surface area contributed by atoms with E-state index in [1.165, 1.54) is 0 Å². The molecule has 1 amide bonds. The minimum absolute atomic E-state index is 0.140. The summed E-state index contributed by atoms with van der Waals surface area (Å²) in [6, 6.07) is 0. The maximum atomic E-state index is 10.7. The minimum atomic E-state index is -3.96. The normalized spacial score (nSPS) is 24.4. The maximum Gasteiger partial charge on any atom is 0.406 e. The van der Waals surface area contributed by atoms with Gasteiger partial charge in [0.1, 0.15) is 0 Å². The molecule has 1 aliphatic rings. The van der Waals surface area contributed by atoms with Crippen LogP contribution in [0.25, 0.3) is 0 Å². The van der Waals surface area contributed by atoms with Crippen molar-refractivity contribution in [1.29, 1.82) is 0 Å². The van der Waals surface area contributed by atoms with Crippen LogP contribution in [0.2, 0.25) is 0 Å². The summed E-state index contributed by atoms with van der Waals surface area (Å²) < 4.78 is 29.4. The summed E-state index contributed by atoms with van der Waals surface area (Å²) >= 11 is 0. The summed E-state index contributed by atoms with van der Waals surface area (Å²) in [6.45, 7) is 1.75. The van der Waals surface area contributed by atoms with Crippen LogP contribution in [0, 0.1) is 0 Å². The molecule has 0 aromatic carbocycles. The van der Waals surface area contributed by atoms with E-state index in [0.717, 1.165) is 0 Å². The molecule has 1 aliphatic heterocycles.